The number of hydrogen-bond donors (Lipinski definition) is 0. The molecule has 15 heavy (non-hydrogen) atoms. The molecule has 0 aliphatic rings. The second-order valence-corrected chi connectivity index (χ2v) is 5.55. The summed E-state index contributed by atoms with van der Waals surface area (Å²) < 4.78 is 5.53. The largest absolute Gasteiger partial charge is 0.507 e. The van der Waals surface area contributed by atoms with Crippen LogP contribution in [0.2, 0.25) is 5.28 Å². The maximum Gasteiger partial charge on any atom is 0.423 e. The van der Waals surface area contributed by atoms with Gasteiger partial charge in [0.1, 0.15) is 0 Å². The zero-order chi connectivity index (χ0) is 11.2. The maximum absolute atomic E-state index is 5.53. The normalized spacial score (nSPS) is 10.5. The van der Waals surface area contributed by atoms with Crippen LogP contribution in [0.25, 0.3) is 0 Å². The molecule has 0 aromatic rings. The molecule has 0 N–H and O–H groups in total. The van der Waals surface area contributed by atoms with Gasteiger partial charge in [-0.05, 0) is 6.42 Å². The fourth-order valence-electron chi connectivity index (χ4n) is 1.65. The summed E-state index contributed by atoms with van der Waals surface area (Å²) in [6, 6.07) is 0. The first-order valence-corrected chi connectivity index (χ1v) is 8.13. The molecule has 0 rings (SSSR count). The van der Waals surface area contributed by atoms with E-state index in [1.165, 1.54) is 63.1 Å². The molecule has 0 heterocycles. The fraction of sp³-hybridized carbons (Fsp3) is 1.00. The van der Waals surface area contributed by atoms with Gasteiger partial charge in [0.05, 0.1) is 0 Å². The molecule has 1 nitrogen and oxygen atoms in total. The maximum atomic E-state index is 5.53. The SMILES string of the molecule is CCCCCCCCC[CH2][Al][O]CCC. The van der Waals surface area contributed by atoms with E-state index in [1.54, 1.807) is 0 Å². The minimum Gasteiger partial charge on any atom is -0.507 e. The zero-order valence-corrected chi connectivity index (χ0v) is 11.9. The van der Waals surface area contributed by atoms with Crippen molar-refractivity contribution in [1.82, 2.24) is 0 Å². The van der Waals surface area contributed by atoms with Gasteiger partial charge < -0.3 is 3.79 Å². The summed E-state index contributed by atoms with van der Waals surface area (Å²) in [4.78, 5) is 0. The van der Waals surface area contributed by atoms with Crippen molar-refractivity contribution >= 4 is 15.6 Å². The lowest BCUT2D eigenvalue weighted by Crippen LogP contribution is -1.98. The van der Waals surface area contributed by atoms with Gasteiger partial charge in [-0.15, -0.1) is 0 Å². The van der Waals surface area contributed by atoms with Crippen molar-refractivity contribution in [1.29, 1.82) is 0 Å². The van der Waals surface area contributed by atoms with E-state index in [-0.39, 0.29) is 0 Å². The Morgan fingerprint density at radius 2 is 1.33 bits per heavy atom. The first kappa shape index (κ1) is 15.5. The van der Waals surface area contributed by atoms with E-state index in [4.69, 9.17) is 3.79 Å². The van der Waals surface area contributed by atoms with Crippen molar-refractivity contribution in [2.45, 2.75) is 76.9 Å². The highest BCUT2D eigenvalue weighted by Gasteiger charge is 1.95. The number of rotatable bonds is 12. The van der Waals surface area contributed by atoms with Crippen molar-refractivity contribution in [3.63, 3.8) is 0 Å². The van der Waals surface area contributed by atoms with Gasteiger partial charge >= 0.3 is 15.6 Å². The van der Waals surface area contributed by atoms with Crippen molar-refractivity contribution in [2.24, 2.45) is 0 Å². The molecule has 0 bridgehead atoms. The molecule has 0 aromatic carbocycles. The molecule has 2 heteroatoms. The molecule has 0 spiro atoms. The number of hydrogen-bond acceptors (Lipinski definition) is 1. The van der Waals surface area contributed by atoms with Gasteiger partial charge in [-0.2, -0.15) is 0 Å². The lowest BCUT2D eigenvalue weighted by molar-refractivity contribution is 0.334. The summed E-state index contributed by atoms with van der Waals surface area (Å²) in [6.07, 6.45) is 12.6. The molecule has 0 aromatic heterocycles. The average Bonchev–Trinajstić information content (AvgIpc) is 2.26. The summed E-state index contributed by atoms with van der Waals surface area (Å²) in [5.41, 5.74) is 0. The quantitative estimate of drug-likeness (QED) is 0.350. The summed E-state index contributed by atoms with van der Waals surface area (Å²) >= 11 is 0.302. The molecule has 0 aliphatic carbocycles. The monoisotopic (exact) mass is 227 g/mol. The topological polar surface area (TPSA) is 9.23 Å². The molecule has 89 valence electrons. The predicted octanol–water partition coefficient (Wildman–Crippen LogP) is 4.59. The Bertz CT molecular complexity index is 94.7. The highest BCUT2D eigenvalue weighted by atomic mass is 27.1. The second kappa shape index (κ2) is 14.5. The molecule has 0 amide bonds. The van der Waals surface area contributed by atoms with Crippen LogP contribution in [-0.2, 0) is 3.79 Å². The smallest absolute Gasteiger partial charge is 0.423 e. The van der Waals surface area contributed by atoms with Crippen LogP contribution in [0.1, 0.15) is 71.6 Å². The van der Waals surface area contributed by atoms with Crippen LogP contribution in [0.15, 0.2) is 0 Å². The molecule has 1 radical (unpaired) electrons. The van der Waals surface area contributed by atoms with Crippen molar-refractivity contribution in [2.75, 3.05) is 6.61 Å². The molecular weight excluding hydrogens is 199 g/mol. The van der Waals surface area contributed by atoms with Crippen LogP contribution in [0.3, 0.4) is 0 Å². The second-order valence-electron chi connectivity index (χ2n) is 4.30. The predicted molar refractivity (Wildman–Crippen MR) is 69.4 cm³/mol. The minimum absolute atomic E-state index is 0.302. The first-order chi connectivity index (χ1) is 7.41. The van der Waals surface area contributed by atoms with Gasteiger partial charge in [0.25, 0.3) is 0 Å². The highest BCUT2D eigenvalue weighted by molar-refractivity contribution is 6.26. The Morgan fingerprint density at radius 1 is 0.733 bits per heavy atom. The molecule has 0 unspecified atom stereocenters. The third-order valence-electron chi connectivity index (χ3n) is 2.62. The van der Waals surface area contributed by atoms with Gasteiger partial charge in [0, 0.05) is 6.61 Å². The van der Waals surface area contributed by atoms with Gasteiger partial charge in [-0.3, -0.25) is 0 Å². The lowest BCUT2D eigenvalue weighted by Gasteiger charge is -2.02. The Labute approximate surface area is 103 Å². The Balaban J connectivity index is 2.81. The van der Waals surface area contributed by atoms with Gasteiger partial charge in [-0.25, -0.2) is 0 Å². The summed E-state index contributed by atoms with van der Waals surface area (Å²) in [5, 5.41) is 1.34. The zero-order valence-electron chi connectivity index (χ0n) is 10.8. The first-order valence-electron chi connectivity index (χ1n) is 6.85. The van der Waals surface area contributed by atoms with E-state index in [2.05, 4.69) is 13.8 Å². The number of unbranched alkanes of at least 4 members (excludes halogenated alkanes) is 7. The fourth-order valence-corrected chi connectivity index (χ4v) is 2.67. The average molecular weight is 227 g/mol. The van der Waals surface area contributed by atoms with Gasteiger partial charge in [0.2, 0.25) is 0 Å². The molecule has 0 fully saturated rings. The van der Waals surface area contributed by atoms with Crippen LogP contribution in [0.4, 0.5) is 0 Å². The Hall–Kier alpha value is 0.492. The lowest BCUT2D eigenvalue weighted by atomic mass is 10.1. The van der Waals surface area contributed by atoms with Gasteiger partial charge in [-0.1, -0.05) is 70.5 Å². The molecule has 0 aliphatic heterocycles. The van der Waals surface area contributed by atoms with Crippen LogP contribution in [0.5, 0.6) is 0 Å². The van der Waals surface area contributed by atoms with Crippen LogP contribution in [-0.4, -0.2) is 22.2 Å². The summed E-state index contributed by atoms with van der Waals surface area (Å²) in [5.74, 6) is 0. The van der Waals surface area contributed by atoms with Crippen LogP contribution >= 0.6 is 0 Å². The van der Waals surface area contributed by atoms with Gasteiger partial charge in [0.15, 0.2) is 0 Å². The van der Waals surface area contributed by atoms with E-state index < -0.39 is 0 Å². The van der Waals surface area contributed by atoms with E-state index in [9.17, 15) is 0 Å². The third-order valence-corrected chi connectivity index (χ3v) is 3.73. The van der Waals surface area contributed by atoms with E-state index in [0.29, 0.717) is 15.6 Å². The summed E-state index contributed by atoms with van der Waals surface area (Å²) in [7, 11) is 0. The molecule has 0 saturated carbocycles. The molecule has 0 atom stereocenters. The Kier molecular flexibility index (Phi) is 15.0. The van der Waals surface area contributed by atoms with E-state index >= 15 is 0 Å². The van der Waals surface area contributed by atoms with Crippen LogP contribution in [0, 0.1) is 0 Å². The molecule has 0 saturated heterocycles. The highest BCUT2D eigenvalue weighted by Crippen LogP contribution is 2.09. The minimum atomic E-state index is 0.302. The standard InChI is InChI=1S/C10H21.C3H7O.Al/c1-3-5-7-9-10-8-6-4-2;1-2-3-4;/h1,3-10H2,2H3;2-3H2,1H3;/q;-1;+1. The van der Waals surface area contributed by atoms with Crippen molar-refractivity contribution < 1.29 is 3.79 Å². The third kappa shape index (κ3) is 14.5. The van der Waals surface area contributed by atoms with E-state index in [1.807, 2.05) is 0 Å². The van der Waals surface area contributed by atoms with Crippen molar-refractivity contribution in [3.05, 3.63) is 0 Å². The van der Waals surface area contributed by atoms with E-state index in [0.717, 1.165) is 6.61 Å². The summed E-state index contributed by atoms with van der Waals surface area (Å²) in [6.45, 7) is 5.43. The molecular formula is C13H28AlO. The van der Waals surface area contributed by atoms with Crippen LogP contribution < -0.4 is 0 Å². The van der Waals surface area contributed by atoms with Crippen molar-refractivity contribution in [3.8, 4) is 0 Å². The Morgan fingerprint density at radius 3 is 1.93 bits per heavy atom.